The van der Waals surface area contributed by atoms with Gasteiger partial charge in [-0.05, 0) is 12.1 Å². The van der Waals surface area contributed by atoms with Crippen LogP contribution < -0.4 is 20.2 Å². The first-order valence-electron chi connectivity index (χ1n) is 10.6. The summed E-state index contributed by atoms with van der Waals surface area (Å²) in [4.78, 5) is 14.2. The molecule has 3 aromatic carbocycles. The number of fused-ring (bicyclic) bond motifs is 1. The van der Waals surface area contributed by atoms with Gasteiger partial charge < -0.3 is 19.2 Å². The maximum Gasteiger partial charge on any atom is 0.450 e. The molecule has 1 N–H and O–H groups in total. The first-order valence-corrected chi connectivity index (χ1v) is 10.6. The highest BCUT2D eigenvalue weighted by Crippen LogP contribution is 2.41. The minimum atomic E-state index is -4.97. The van der Waals surface area contributed by atoms with E-state index in [2.05, 4.69) is 0 Å². The van der Waals surface area contributed by atoms with Crippen molar-refractivity contribution in [3.05, 3.63) is 93.8 Å². The van der Waals surface area contributed by atoms with Crippen LogP contribution in [0, 0.1) is 0 Å². The van der Waals surface area contributed by atoms with Gasteiger partial charge in [0, 0.05) is 16.7 Å². The third-order valence-electron chi connectivity index (χ3n) is 5.58. The van der Waals surface area contributed by atoms with Gasteiger partial charge in [0.25, 0.3) is 0 Å². The van der Waals surface area contributed by atoms with Crippen LogP contribution in [0.1, 0.15) is 16.9 Å². The Hall–Kier alpha value is -3.78. The zero-order valence-electron chi connectivity index (χ0n) is 18.5. The number of hydrogen-bond donors (Lipinski definition) is 1. The third kappa shape index (κ3) is 4.49. The second kappa shape index (κ2) is 9.23. The quantitative estimate of drug-likeness (QED) is 0.467. The van der Waals surface area contributed by atoms with Crippen LogP contribution in [0.2, 0.25) is 0 Å². The molecule has 0 aliphatic carbocycles. The minimum absolute atomic E-state index is 0.0279. The number of quaternary nitrogens is 1. The summed E-state index contributed by atoms with van der Waals surface area (Å²) in [6, 6.07) is 17.8. The number of para-hydroxylation sites is 1. The van der Waals surface area contributed by atoms with Crippen molar-refractivity contribution in [3.8, 4) is 22.6 Å². The zero-order valence-corrected chi connectivity index (χ0v) is 18.5. The van der Waals surface area contributed by atoms with Gasteiger partial charge in [0.1, 0.15) is 24.4 Å². The minimum Gasteiger partial charge on any atom is -0.872 e. The van der Waals surface area contributed by atoms with Gasteiger partial charge in [0.2, 0.25) is 11.2 Å². The molecule has 176 valence electrons. The smallest absolute Gasteiger partial charge is 0.450 e. The largest absolute Gasteiger partial charge is 0.872 e. The van der Waals surface area contributed by atoms with Crippen LogP contribution >= 0.6 is 0 Å². The molecular formula is C26H22F3NO4. The van der Waals surface area contributed by atoms with Crippen molar-refractivity contribution in [2.45, 2.75) is 19.3 Å². The highest BCUT2D eigenvalue weighted by atomic mass is 19.4. The molecule has 8 heteroatoms. The molecule has 5 nitrogen and oxygen atoms in total. The van der Waals surface area contributed by atoms with E-state index in [1.165, 1.54) is 37.4 Å². The SMILES string of the molecule is COc1ccccc1-c1c(C(F)(F)F)oc2c(C[NH+](C)Cc3ccccc3)c([O-])ccc2c1=O. The second-order valence-corrected chi connectivity index (χ2v) is 8.05. The summed E-state index contributed by atoms with van der Waals surface area (Å²) in [5.41, 5.74) is -0.862. The Balaban J connectivity index is 1.91. The first kappa shape index (κ1) is 23.4. The molecule has 1 unspecified atom stereocenters. The average molecular weight is 469 g/mol. The lowest BCUT2D eigenvalue weighted by atomic mass is 9.99. The normalized spacial score (nSPS) is 12.6. The van der Waals surface area contributed by atoms with E-state index in [4.69, 9.17) is 9.15 Å². The lowest BCUT2D eigenvalue weighted by molar-refractivity contribution is -0.907. The predicted molar refractivity (Wildman–Crippen MR) is 120 cm³/mol. The Kier molecular flexibility index (Phi) is 6.34. The number of benzene rings is 3. The highest BCUT2D eigenvalue weighted by Gasteiger charge is 2.40. The van der Waals surface area contributed by atoms with E-state index < -0.39 is 28.7 Å². The number of nitrogens with one attached hydrogen (secondary N) is 1. The summed E-state index contributed by atoms with van der Waals surface area (Å²) in [7, 11) is 3.12. The topological polar surface area (TPSA) is 66.9 Å². The monoisotopic (exact) mass is 469 g/mol. The molecule has 0 saturated carbocycles. The molecule has 4 rings (SSSR count). The van der Waals surface area contributed by atoms with Gasteiger partial charge in [-0.15, -0.1) is 0 Å². The summed E-state index contributed by atoms with van der Waals surface area (Å²) in [6.07, 6.45) is -4.97. The maximum absolute atomic E-state index is 14.1. The number of methoxy groups -OCH3 is 1. The summed E-state index contributed by atoms with van der Waals surface area (Å²) >= 11 is 0. The molecule has 1 atom stereocenters. The molecule has 4 aromatic rings. The van der Waals surface area contributed by atoms with E-state index in [9.17, 15) is 23.1 Å². The Morgan fingerprint density at radius 1 is 0.971 bits per heavy atom. The third-order valence-corrected chi connectivity index (χ3v) is 5.58. The molecule has 0 fully saturated rings. The summed E-state index contributed by atoms with van der Waals surface area (Å²) in [5.74, 6) is -1.84. The average Bonchev–Trinajstić information content (AvgIpc) is 2.81. The van der Waals surface area contributed by atoms with Crippen molar-refractivity contribution in [2.75, 3.05) is 14.2 Å². The number of rotatable bonds is 6. The van der Waals surface area contributed by atoms with Crippen LogP contribution in [0.25, 0.3) is 22.1 Å². The van der Waals surface area contributed by atoms with Crippen molar-refractivity contribution < 1.29 is 32.3 Å². The Morgan fingerprint density at radius 2 is 1.65 bits per heavy atom. The van der Waals surface area contributed by atoms with Crippen molar-refractivity contribution in [3.63, 3.8) is 0 Å². The second-order valence-electron chi connectivity index (χ2n) is 8.05. The van der Waals surface area contributed by atoms with Gasteiger partial charge in [-0.1, -0.05) is 60.3 Å². The van der Waals surface area contributed by atoms with Crippen LogP contribution in [-0.2, 0) is 19.3 Å². The van der Waals surface area contributed by atoms with Crippen molar-refractivity contribution >= 4 is 11.0 Å². The van der Waals surface area contributed by atoms with Crippen molar-refractivity contribution in [1.82, 2.24) is 0 Å². The highest BCUT2D eigenvalue weighted by molar-refractivity contribution is 5.87. The fourth-order valence-electron chi connectivity index (χ4n) is 4.07. The van der Waals surface area contributed by atoms with Gasteiger partial charge >= 0.3 is 6.18 Å². The Morgan fingerprint density at radius 3 is 2.32 bits per heavy atom. The van der Waals surface area contributed by atoms with Gasteiger partial charge in [-0.3, -0.25) is 4.79 Å². The molecule has 1 aromatic heterocycles. The number of halogens is 3. The molecular weight excluding hydrogens is 447 g/mol. The number of hydrogen-bond acceptors (Lipinski definition) is 4. The summed E-state index contributed by atoms with van der Waals surface area (Å²) in [5, 5.41) is 12.6. The lowest BCUT2D eigenvalue weighted by Crippen LogP contribution is -3.06. The lowest BCUT2D eigenvalue weighted by Gasteiger charge is -2.21. The van der Waals surface area contributed by atoms with Crippen LogP contribution in [0.3, 0.4) is 0 Å². The molecule has 0 aliphatic rings. The Labute approximate surface area is 193 Å². The van der Waals surface area contributed by atoms with E-state index in [0.29, 0.717) is 6.54 Å². The fraction of sp³-hybridized carbons (Fsp3) is 0.192. The molecule has 0 bridgehead atoms. The number of ether oxygens (including phenoxy) is 1. The number of alkyl halides is 3. The van der Waals surface area contributed by atoms with Crippen molar-refractivity contribution in [1.29, 1.82) is 0 Å². The molecule has 0 aliphatic heterocycles. The van der Waals surface area contributed by atoms with Gasteiger partial charge in [-0.2, -0.15) is 13.2 Å². The zero-order chi connectivity index (χ0) is 24.5. The molecule has 0 spiro atoms. The van der Waals surface area contributed by atoms with Crippen molar-refractivity contribution in [2.24, 2.45) is 0 Å². The molecule has 0 amide bonds. The summed E-state index contributed by atoms with van der Waals surface area (Å²) < 4.78 is 52.9. The van der Waals surface area contributed by atoms with E-state index in [1.54, 1.807) is 6.07 Å². The summed E-state index contributed by atoms with van der Waals surface area (Å²) in [6.45, 7) is 0.617. The van der Waals surface area contributed by atoms with Crippen LogP contribution in [0.5, 0.6) is 11.5 Å². The van der Waals surface area contributed by atoms with E-state index >= 15 is 0 Å². The van der Waals surface area contributed by atoms with E-state index in [1.807, 2.05) is 37.4 Å². The fourth-order valence-corrected chi connectivity index (χ4v) is 4.07. The molecule has 1 heterocycles. The standard InChI is InChI=1S/C26H22F3NO4/c1-30(14-16-8-4-3-5-9-16)15-19-20(31)13-12-18-23(32)22(17-10-6-7-11-21(17)33-2)25(26(27,28)29)34-24(18)19/h3-13,31H,14-15H2,1-2H3. The van der Waals surface area contributed by atoms with Crippen LogP contribution in [-0.4, -0.2) is 14.2 Å². The first-order chi connectivity index (χ1) is 16.2. The predicted octanol–water partition coefficient (Wildman–Crippen LogP) is 3.78. The van der Waals surface area contributed by atoms with Gasteiger partial charge in [-0.25, -0.2) is 0 Å². The van der Waals surface area contributed by atoms with Crippen LogP contribution in [0.4, 0.5) is 13.2 Å². The molecule has 34 heavy (non-hydrogen) atoms. The van der Waals surface area contributed by atoms with Gasteiger partial charge in [0.05, 0.1) is 25.1 Å². The van der Waals surface area contributed by atoms with Crippen LogP contribution in [0.15, 0.2) is 75.9 Å². The maximum atomic E-state index is 14.1. The van der Waals surface area contributed by atoms with E-state index in [-0.39, 0.29) is 34.4 Å². The molecule has 0 radical (unpaired) electrons. The molecule has 0 saturated heterocycles. The van der Waals surface area contributed by atoms with E-state index in [0.717, 1.165) is 10.5 Å². The van der Waals surface area contributed by atoms with Gasteiger partial charge in [0.15, 0.2) is 0 Å². The Bertz CT molecular complexity index is 1380.